The van der Waals surface area contributed by atoms with E-state index in [-0.39, 0.29) is 11.4 Å². The van der Waals surface area contributed by atoms with Gasteiger partial charge in [-0.2, -0.15) is 0 Å². The van der Waals surface area contributed by atoms with Crippen molar-refractivity contribution in [2.45, 2.75) is 44.7 Å². The van der Waals surface area contributed by atoms with Crippen molar-refractivity contribution in [3.63, 3.8) is 0 Å². The van der Waals surface area contributed by atoms with Crippen LogP contribution in [-0.4, -0.2) is 70.9 Å². The molecule has 0 radical (unpaired) electrons. The largest absolute Gasteiger partial charge is 0.339 e. The van der Waals surface area contributed by atoms with Gasteiger partial charge in [0.2, 0.25) is 5.91 Å². The molecular formula is C21H32N4O. The van der Waals surface area contributed by atoms with Crippen molar-refractivity contribution >= 4 is 5.91 Å². The maximum Gasteiger partial charge on any atom is 0.222 e. The number of aryl methyl sites for hydroxylation is 1. The van der Waals surface area contributed by atoms with Crippen molar-refractivity contribution in [2.24, 2.45) is 0 Å². The zero-order chi connectivity index (χ0) is 18.6. The Morgan fingerprint density at radius 1 is 1.27 bits per heavy atom. The SMILES string of the molecule is C=CCN1CC[C@]2(CCC1=O)CN(Cc1ccc(CC)cn1)CCN2C. The number of hydrogen-bond donors (Lipinski definition) is 0. The molecule has 1 amide bonds. The lowest BCUT2D eigenvalue weighted by atomic mass is 9.86. The maximum atomic E-state index is 12.4. The number of rotatable bonds is 5. The third-order valence-electron chi connectivity index (χ3n) is 6.11. The number of pyridine rings is 1. The summed E-state index contributed by atoms with van der Waals surface area (Å²) in [6.45, 7) is 11.4. The van der Waals surface area contributed by atoms with Gasteiger partial charge in [0.1, 0.15) is 0 Å². The van der Waals surface area contributed by atoms with Gasteiger partial charge in [0.15, 0.2) is 0 Å². The Kier molecular flexibility index (Phi) is 6.09. The van der Waals surface area contributed by atoms with Crippen LogP contribution in [0.25, 0.3) is 0 Å². The first-order chi connectivity index (χ1) is 12.6. The second-order valence-corrected chi connectivity index (χ2v) is 7.75. The highest BCUT2D eigenvalue weighted by atomic mass is 16.2. The molecule has 1 aromatic heterocycles. The molecule has 2 saturated heterocycles. The molecule has 0 aromatic carbocycles. The molecule has 0 saturated carbocycles. The van der Waals surface area contributed by atoms with E-state index in [2.05, 4.69) is 47.5 Å². The molecule has 1 aromatic rings. The van der Waals surface area contributed by atoms with Gasteiger partial charge < -0.3 is 4.90 Å². The number of likely N-dealkylation sites (tertiary alicyclic amines) is 1. The molecular weight excluding hydrogens is 324 g/mol. The van der Waals surface area contributed by atoms with Crippen LogP contribution in [0.3, 0.4) is 0 Å². The predicted octanol–water partition coefficient (Wildman–Crippen LogP) is 2.33. The van der Waals surface area contributed by atoms with Gasteiger partial charge in [-0.15, -0.1) is 6.58 Å². The van der Waals surface area contributed by atoms with E-state index in [9.17, 15) is 4.79 Å². The number of hydrogen-bond acceptors (Lipinski definition) is 4. The third-order valence-corrected chi connectivity index (χ3v) is 6.11. The molecule has 2 fully saturated rings. The van der Waals surface area contributed by atoms with Crippen LogP contribution in [0.15, 0.2) is 31.0 Å². The fourth-order valence-corrected chi connectivity index (χ4v) is 4.25. The summed E-state index contributed by atoms with van der Waals surface area (Å²) in [5.74, 6) is 0.268. The average molecular weight is 357 g/mol. The standard InChI is InChI=1S/C21H32N4O/c1-4-11-25-12-10-21(9-8-20(25)26)17-24(14-13-23(21)3)16-19-7-6-18(5-2)15-22-19/h4,6-7,15H,1,5,8-14,16-17H2,2-3H3/t21-/m1/s1. The summed E-state index contributed by atoms with van der Waals surface area (Å²) >= 11 is 0. The van der Waals surface area contributed by atoms with Crippen LogP contribution in [0.5, 0.6) is 0 Å². The zero-order valence-corrected chi connectivity index (χ0v) is 16.3. The lowest BCUT2D eigenvalue weighted by Gasteiger charge is -2.49. The van der Waals surface area contributed by atoms with E-state index in [1.165, 1.54) is 5.56 Å². The first-order valence-electron chi connectivity index (χ1n) is 9.82. The van der Waals surface area contributed by atoms with Crippen molar-refractivity contribution in [1.82, 2.24) is 19.7 Å². The predicted molar refractivity (Wildman–Crippen MR) is 105 cm³/mol. The van der Waals surface area contributed by atoms with E-state index < -0.39 is 0 Å². The van der Waals surface area contributed by atoms with Crippen LogP contribution in [0, 0.1) is 0 Å². The minimum Gasteiger partial charge on any atom is -0.339 e. The molecule has 0 bridgehead atoms. The summed E-state index contributed by atoms with van der Waals surface area (Å²) in [5, 5.41) is 0. The second-order valence-electron chi connectivity index (χ2n) is 7.75. The van der Waals surface area contributed by atoms with Gasteiger partial charge in [0.25, 0.3) is 0 Å². The number of piperazine rings is 1. The van der Waals surface area contributed by atoms with Crippen LogP contribution < -0.4 is 0 Å². The summed E-state index contributed by atoms with van der Waals surface area (Å²) < 4.78 is 0. The van der Waals surface area contributed by atoms with Crippen molar-refractivity contribution in [3.8, 4) is 0 Å². The van der Waals surface area contributed by atoms with Crippen LogP contribution in [0.1, 0.15) is 37.4 Å². The highest BCUT2D eigenvalue weighted by molar-refractivity contribution is 5.76. The lowest BCUT2D eigenvalue weighted by Crippen LogP contribution is -2.60. The Bertz CT molecular complexity index is 629. The third kappa shape index (κ3) is 4.15. The van der Waals surface area contributed by atoms with Gasteiger partial charge in [-0.25, -0.2) is 0 Å². The Labute approximate surface area is 157 Å². The molecule has 3 rings (SSSR count). The molecule has 3 heterocycles. The smallest absolute Gasteiger partial charge is 0.222 e. The number of amides is 1. The minimum atomic E-state index is 0.0905. The van der Waals surface area contributed by atoms with E-state index in [0.717, 1.165) is 57.7 Å². The number of carbonyl (C=O) groups is 1. The summed E-state index contributed by atoms with van der Waals surface area (Å²) in [5.41, 5.74) is 2.51. The van der Waals surface area contributed by atoms with Crippen molar-refractivity contribution < 1.29 is 4.79 Å². The Balaban J connectivity index is 1.68. The first kappa shape index (κ1) is 19.1. The zero-order valence-electron chi connectivity index (χ0n) is 16.3. The molecule has 1 atom stereocenters. The van der Waals surface area contributed by atoms with E-state index in [1.54, 1.807) is 0 Å². The normalized spacial score (nSPS) is 25.5. The topological polar surface area (TPSA) is 39.7 Å². The van der Waals surface area contributed by atoms with Crippen molar-refractivity contribution in [1.29, 1.82) is 0 Å². The Morgan fingerprint density at radius 3 is 2.81 bits per heavy atom. The highest BCUT2D eigenvalue weighted by Crippen LogP contribution is 2.32. The van der Waals surface area contributed by atoms with E-state index in [1.807, 2.05) is 17.2 Å². The molecule has 0 unspecified atom stereocenters. The molecule has 5 heteroatoms. The van der Waals surface area contributed by atoms with Gasteiger partial charge in [-0.3, -0.25) is 19.6 Å². The van der Waals surface area contributed by atoms with E-state index in [0.29, 0.717) is 13.0 Å². The second kappa shape index (κ2) is 8.31. The fourth-order valence-electron chi connectivity index (χ4n) is 4.25. The van der Waals surface area contributed by atoms with Gasteiger partial charge in [-0.1, -0.05) is 19.1 Å². The van der Waals surface area contributed by atoms with Crippen LogP contribution in [0.4, 0.5) is 0 Å². The molecule has 0 aliphatic carbocycles. The quantitative estimate of drug-likeness (QED) is 0.759. The summed E-state index contributed by atoms with van der Waals surface area (Å²) in [6, 6.07) is 4.35. The summed E-state index contributed by atoms with van der Waals surface area (Å²) in [4.78, 5) is 24.0. The first-order valence-corrected chi connectivity index (χ1v) is 9.82. The lowest BCUT2D eigenvalue weighted by molar-refractivity contribution is -0.130. The number of nitrogens with zero attached hydrogens (tertiary/aromatic N) is 4. The average Bonchev–Trinajstić information content (AvgIpc) is 2.80. The van der Waals surface area contributed by atoms with Gasteiger partial charge >= 0.3 is 0 Å². The number of aromatic nitrogens is 1. The van der Waals surface area contributed by atoms with Crippen molar-refractivity contribution in [2.75, 3.05) is 39.8 Å². The monoisotopic (exact) mass is 356 g/mol. The number of likely N-dealkylation sites (N-methyl/N-ethyl adjacent to an activating group) is 1. The number of carbonyl (C=O) groups excluding carboxylic acids is 1. The van der Waals surface area contributed by atoms with Crippen LogP contribution >= 0.6 is 0 Å². The highest BCUT2D eigenvalue weighted by Gasteiger charge is 2.42. The Hall–Kier alpha value is -1.72. The fraction of sp³-hybridized carbons (Fsp3) is 0.619. The molecule has 1 spiro atoms. The molecule has 2 aliphatic rings. The van der Waals surface area contributed by atoms with Gasteiger partial charge in [-0.05, 0) is 37.9 Å². The summed E-state index contributed by atoms with van der Waals surface area (Å²) in [6.07, 6.45) is 7.46. The molecule has 142 valence electrons. The molecule has 26 heavy (non-hydrogen) atoms. The van der Waals surface area contributed by atoms with Crippen LogP contribution in [-0.2, 0) is 17.8 Å². The molecule has 0 N–H and O–H groups in total. The van der Waals surface area contributed by atoms with Gasteiger partial charge in [0, 0.05) is 57.4 Å². The van der Waals surface area contributed by atoms with Crippen LogP contribution in [0.2, 0.25) is 0 Å². The Morgan fingerprint density at radius 2 is 2.12 bits per heavy atom. The molecule has 5 nitrogen and oxygen atoms in total. The summed E-state index contributed by atoms with van der Waals surface area (Å²) in [7, 11) is 2.22. The van der Waals surface area contributed by atoms with E-state index >= 15 is 0 Å². The van der Waals surface area contributed by atoms with Crippen molar-refractivity contribution in [3.05, 3.63) is 42.2 Å². The molecule has 2 aliphatic heterocycles. The maximum absolute atomic E-state index is 12.4. The minimum absolute atomic E-state index is 0.0905. The van der Waals surface area contributed by atoms with Gasteiger partial charge in [0.05, 0.1) is 5.69 Å². The van der Waals surface area contributed by atoms with E-state index in [4.69, 9.17) is 0 Å².